The standard InChI is InChI=1S/C23H32N4O3/c1-4-30-23(29)18-13-25-21-17(9-11-24-21)20(18)26(3)19-14-27(12-10-15(19)2)22(28)16-7-5-6-8-16/h9,11,13,15-16,19H,4-8,10,12,14H2,1-3H3,(H,24,25)/t15-,19+/m1/s1. The molecular weight excluding hydrogens is 380 g/mol. The lowest BCUT2D eigenvalue weighted by molar-refractivity contribution is -0.137. The van der Waals surface area contributed by atoms with Crippen molar-refractivity contribution in [3.63, 3.8) is 0 Å². The number of carbonyl (C=O) groups excluding carboxylic acids is 2. The lowest BCUT2D eigenvalue weighted by Crippen LogP contribution is -2.53. The third-order valence-corrected chi connectivity index (χ3v) is 6.84. The maximum atomic E-state index is 13.1. The minimum absolute atomic E-state index is 0.123. The molecule has 4 rings (SSSR count). The van der Waals surface area contributed by atoms with Crippen LogP contribution in [-0.2, 0) is 9.53 Å². The van der Waals surface area contributed by atoms with Gasteiger partial charge in [-0.3, -0.25) is 4.79 Å². The number of anilines is 1. The molecule has 0 unspecified atom stereocenters. The van der Waals surface area contributed by atoms with Crippen molar-refractivity contribution in [3.05, 3.63) is 24.0 Å². The molecule has 3 heterocycles. The number of ether oxygens (including phenoxy) is 1. The summed E-state index contributed by atoms with van der Waals surface area (Å²) in [5, 5.41) is 0.898. The minimum atomic E-state index is -0.364. The Morgan fingerprint density at radius 1 is 1.30 bits per heavy atom. The second-order valence-corrected chi connectivity index (χ2v) is 8.69. The van der Waals surface area contributed by atoms with Crippen LogP contribution in [-0.4, -0.2) is 59.5 Å². The zero-order chi connectivity index (χ0) is 21.3. The van der Waals surface area contributed by atoms with Crippen LogP contribution in [0.2, 0.25) is 0 Å². The summed E-state index contributed by atoms with van der Waals surface area (Å²) in [6, 6.07) is 2.07. The molecule has 7 nitrogen and oxygen atoms in total. The second kappa shape index (κ2) is 8.66. The van der Waals surface area contributed by atoms with E-state index in [-0.39, 0.29) is 17.9 Å². The summed E-state index contributed by atoms with van der Waals surface area (Å²) in [6.45, 7) is 5.86. The highest BCUT2D eigenvalue weighted by molar-refractivity contribution is 6.04. The molecule has 1 saturated heterocycles. The molecule has 2 aliphatic rings. The quantitative estimate of drug-likeness (QED) is 0.759. The SMILES string of the molecule is CCOC(=O)c1cnc2[nH]ccc2c1N(C)[C@H]1CN(C(=O)C2CCCC2)CC[C@H]1C. The zero-order valence-corrected chi connectivity index (χ0v) is 18.2. The molecule has 0 aromatic carbocycles. The molecule has 1 amide bonds. The van der Waals surface area contributed by atoms with Gasteiger partial charge in [0, 0.05) is 49.9 Å². The third kappa shape index (κ3) is 3.77. The first kappa shape index (κ1) is 20.7. The molecule has 0 bridgehead atoms. The number of aromatic nitrogens is 2. The highest BCUT2D eigenvalue weighted by atomic mass is 16.5. The van der Waals surface area contributed by atoms with Gasteiger partial charge in [-0.05, 0) is 38.2 Å². The third-order valence-electron chi connectivity index (χ3n) is 6.84. The number of hydrogen-bond acceptors (Lipinski definition) is 5. The number of amides is 1. The summed E-state index contributed by atoms with van der Waals surface area (Å²) in [7, 11) is 2.02. The van der Waals surface area contributed by atoms with E-state index in [0.29, 0.717) is 30.5 Å². The summed E-state index contributed by atoms with van der Waals surface area (Å²) in [4.78, 5) is 37.5. The number of fused-ring (bicyclic) bond motifs is 1. The van der Waals surface area contributed by atoms with Gasteiger partial charge in [-0.2, -0.15) is 0 Å². The van der Waals surface area contributed by atoms with Gasteiger partial charge in [-0.1, -0.05) is 19.8 Å². The van der Waals surface area contributed by atoms with E-state index in [9.17, 15) is 9.59 Å². The molecule has 7 heteroatoms. The molecule has 2 fully saturated rings. The number of nitrogens with zero attached hydrogens (tertiary/aromatic N) is 3. The van der Waals surface area contributed by atoms with Crippen LogP contribution in [0.1, 0.15) is 56.3 Å². The summed E-state index contributed by atoms with van der Waals surface area (Å²) in [5.41, 5.74) is 2.04. The Morgan fingerprint density at radius 2 is 2.07 bits per heavy atom. The van der Waals surface area contributed by atoms with Crippen LogP contribution in [0.5, 0.6) is 0 Å². The number of rotatable bonds is 5. The van der Waals surface area contributed by atoms with E-state index >= 15 is 0 Å². The van der Waals surface area contributed by atoms with Gasteiger partial charge in [0.1, 0.15) is 11.2 Å². The van der Waals surface area contributed by atoms with E-state index in [1.165, 1.54) is 0 Å². The molecule has 1 aliphatic carbocycles. The smallest absolute Gasteiger partial charge is 0.341 e. The van der Waals surface area contributed by atoms with Gasteiger partial charge in [0.25, 0.3) is 0 Å². The minimum Gasteiger partial charge on any atom is -0.462 e. The first-order chi connectivity index (χ1) is 14.5. The Kier molecular flexibility index (Phi) is 5.97. The molecule has 0 spiro atoms. The molecule has 2 aromatic heterocycles. The van der Waals surface area contributed by atoms with Gasteiger partial charge in [-0.15, -0.1) is 0 Å². The van der Waals surface area contributed by atoms with E-state index < -0.39 is 0 Å². The molecule has 1 N–H and O–H groups in total. The van der Waals surface area contributed by atoms with Crippen molar-refractivity contribution in [2.24, 2.45) is 11.8 Å². The lowest BCUT2D eigenvalue weighted by atomic mass is 9.90. The van der Waals surface area contributed by atoms with Crippen LogP contribution in [0, 0.1) is 11.8 Å². The Labute approximate surface area is 177 Å². The molecule has 2 aromatic rings. The number of H-pyrrole nitrogens is 1. The first-order valence-electron chi connectivity index (χ1n) is 11.2. The van der Waals surface area contributed by atoms with E-state index in [1.807, 2.05) is 19.3 Å². The van der Waals surface area contributed by atoms with Crippen LogP contribution >= 0.6 is 0 Å². The Bertz CT molecular complexity index is 918. The fourth-order valence-corrected chi connectivity index (χ4v) is 5.08. The number of piperidine rings is 1. The van der Waals surface area contributed by atoms with Crippen molar-refractivity contribution in [2.75, 3.05) is 31.6 Å². The summed E-state index contributed by atoms with van der Waals surface area (Å²) >= 11 is 0. The zero-order valence-electron chi connectivity index (χ0n) is 18.2. The monoisotopic (exact) mass is 412 g/mol. The lowest BCUT2D eigenvalue weighted by Gasteiger charge is -2.43. The van der Waals surface area contributed by atoms with E-state index in [1.54, 1.807) is 13.1 Å². The summed E-state index contributed by atoms with van der Waals surface area (Å²) in [6.07, 6.45) is 8.76. The number of nitrogens with one attached hydrogen (secondary N) is 1. The van der Waals surface area contributed by atoms with Gasteiger partial charge in [0.2, 0.25) is 5.91 Å². The van der Waals surface area contributed by atoms with Crippen molar-refractivity contribution in [1.29, 1.82) is 0 Å². The molecular formula is C23H32N4O3. The van der Waals surface area contributed by atoms with Crippen LogP contribution in [0.25, 0.3) is 11.0 Å². The molecule has 0 radical (unpaired) electrons. The first-order valence-corrected chi connectivity index (χ1v) is 11.2. The number of aromatic amines is 1. The fraction of sp³-hybridized carbons (Fsp3) is 0.609. The number of esters is 1. The largest absolute Gasteiger partial charge is 0.462 e. The molecule has 2 atom stereocenters. The normalized spacial score (nSPS) is 22.4. The number of likely N-dealkylation sites (N-methyl/N-ethyl adjacent to an activating group) is 1. The molecule has 30 heavy (non-hydrogen) atoms. The summed E-state index contributed by atoms with van der Waals surface area (Å²) in [5.74, 6) is 0.541. The number of hydrogen-bond donors (Lipinski definition) is 1. The molecule has 1 saturated carbocycles. The maximum absolute atomic E-state index is 13.1. The predicted octanol–water partition coefficient (Wildman–Crippen LogP) is 3.60. The van der Waals surface area contributed by atoms with E-state index in [0.717, 1.165) is 55.4 Å². The van der Waals surface area contributed by atoms with E-state index in [2.05, 4.69) is 26.7 Å². The van der Waals surface area contributed by atoms with Crippen LogP contribution in [0.3, 0.4) is 0 Å². The topological polar surface area (TPSA) is 78.5 Å². The van der Waals surface area contributed by atoms with Crippen molar-refractivity contribution in [1.82, 2.24) is 14.9 Å². The Hall–Kier alpha value is -2.57. The van der Waals surface area contributed by atoms with Crippen LogP contribution in [0.15, 0.2) is 18.5 Å². The van der Waals surface area contributed by atoms with Gasteiger partial charge in [0.05, 0.1) is 12.3 Å². The van der Waals surface area contributed by atoms with Gasteiger partial charge >= 0.3 is 5.97 Å². The predicted molar refractivity (Wildman–Crippen MR) is 117 cm³/mol. The number of carbonyl (C=O) groups is 2. The molecule has 1 aliphatic heterocycles. The Balaban J connectivity index is 1.65. The van der Waals surface area contributed by atoms with Gasteiger partial charge in [0.15, 0.2) is 0 Å². The van der Waals surface area contributed by atoms with Crippen LogP contribution < -0.4 is 4.90 Å². The van der Waals surface area contributed by atoms with Gasteiger partial charge in [-0.25, -0.2) is 9.78 Å². The van der Waals surface area contributed by atoms with Crippen molar-refractivity contribution in [3.8, 4) is 0 Å². The van der Waals surface area contributed by atoms with Crippen molar-refractivity contribution < 1.29 is 14.3 Å². The summed E-state index contributed by atoms with van der Waals surface area (Å²) < 4.78 is 5.30. The van der Waals surface area contributed by atoms with E-state index in [4.69, 9.17) is 4.74 Å². The highest BCUT2D eigenvalue weighted by Gasteiger charge is 2.36. The van der Waals surface area contributed by atoms with Crippen molar-refractivity contribution >= 4 is 28.6 Å². The average Bonchev–Trinajstić information content (AvgIpc) is 3.44. The Morgan fingerprint density at radius 3 is 2.80 bits per heavy atom. The highest BCUT2D eigenvalue weighted by Crippen LogP contribution is 2.35. The fourth-order valence-electron chi connectivity index (χ4n) is 5.08. The number of likely N-dealkylation sites (tertiary alicyclic amines) is 1. The molecule has 162 valence electrons. The van der Waals surface area contributed by atoms with Crippen molar-refractivity contribution in [2.45, 2.75) is 52.0 Å². The maximum Gasteiger partial charge on any atom is 0.341 e. The van der Waals surface area contributed by atoms with Gasteiger partial charge < -0.3 is 19.5 Å². The van der Waals surface area contributed by atoms with Crippen LogP contribution in [0.4, 0.5) is 5.69 Å². The number of pyridine rings is 1. The average molecular weight is 413 g/mol. The second-order valence-electron chi connectivity index (χ2n) is 8.69.